The van der Waals surface area contributed by atoms with E-state index in [1.165, 1.54) is 4.31 Å². The second-order valence-corrected chi connectivity index (χ2v) is 8.77. The van der Waals surface area contributed by atoms with Crippen LogP contribution in [-0.4, -0.2) is 36.3 Å². The summed E-state index contributed by atoms with van der Waals surface area (Å²) in [6.07, 6.45) is 2.38. The number of aromatic nitrogens is 1. The van der Waals surface area contributed by atoms with Crippen molar-refractivity contribution in [2.75, 3.05) is 13.1 Å². The van der Waals surface area contributed by atoms with Gasteiger partial charge in [-0.3, -0.25) is 4.79 Å². The van der Waals surface area contributed by atoms with E-state index in [0.29, 0.717) is 32.6 Å². The number of hydrogen-bond donors (Lipinski definition) is 1. The van der Waals surface area contributed by atoms with Crippen molar-refractivity contribution in [2.45, 2.75) is 38.3 Å². The first kappa shape index (κ1) is 21.1. The molecule has 0 radical (unpaired) electrons. The van der Waals surface area contributed by atoms with E-state index in [1.807, 2.05) is 44.3 Å². The summed E-state index contributed by atoms with van der Waals surface area (Å²) >= 11 is 0. The molecule has 1 N–H and O–H groups in total. The molecule has 0 aliphatic carbocycles. The topological polar surface area (TPSA) is 71.4 Å². The smallest absolute Gasteiger partial charge is 0.243 e. The predicted octanol–water partition coefficient (Wildman–Crippen LogP) is 3.38. The number of nitrogens with one attached hydrogen (secondary N) is 1. The third-order valence-corrected chi connectivity index (χ3v) is 7.08. The minimum absolute atomic E-state index is 0.0392. The SMILES string of the molecule is CCN(CC)S(=O)(=O)c1ccc(CNC(=O)CCn2ccc3ccccc32)cc1. The van der Waals surface area contributed by atoms with Gasteiger partial charge in [-0.05, 0) is 35.2 Å². The summed E-state index contributed by atoms with van der Waals surface area (Å²) in [7, 11) is -3.46. The second kappa shape index (κ2) is 9.24. The zero-order valence-corrected chi connectivity index (χ0v) is 17.7. The molecular weight excluding hydrogens is 386 g/mol. The Morgan fingerprint density at radius 2 is 1.69 bits per heavy atom. The summed E-state index contributed by atoms with van der Waals surface area (Å²) in [6.45, 7) is 5.50. The van der Waals surface area contributed by atoms with E-state index in [4.69, 9.17) is 0 Å². The Morgan fingerprint density at radius 3 is 2.38 bits per heavy atom. The first-order valence-electron chi connectivity index (χ1n) is 9.85. The van der Waals surface area contributed by atoms with Gasteiger partial charge in [-0.1, -0.05) is 44.2 Å². The van der Waals surface area contributed by atoms with Crippen molar-refractivity contribution in [3.63, 3.8) is 0 Å². The molecule has 0 saturated heterocycles. The number of amides is 1. The highest BCUT2D eigenvalue weighted by Crippen LogP contribution is 2.17. The Kier molecular flexibility index (Phi) is 6.71. The van der Waals surface area contributed by atoms with Crippen LogP contribution in [0.3, 0.4) is 0 Å². The lowest BCUT2D eigenvalue weighted by Gasteiger charge is -2.18. The van der Waals surface area contributed by atoms with Crippen molar-refractivity contribution in [1.82, 2.24) is 14.2 Å². The van der Waals surface area contributed by atoms with Gasteiger partial charge in [-0.15, -0.1) is 0 Å². The van der Waals surface area contributed by atoms with Crippen LogP contribution in [0.15, 0.2) is 65.7 Å². The van der Waals surface area contributed by atoms with Gasteiger partial charge < -0.3 is 9.88 Å². The summed E-state index contributed by atoms with van der Waals surface area (Å²) in [6, 6.07) is 16.8. The molecule has 1 aromatic heterocycles. The first-order valence-corrected chi connectivity index (χ1v) is 11.3. The average Bonchev–Trinajstić information content (AvgIpc) is 3.15. The number of para-hydroxylation sites is 1. The Bertz CT molecular complexity index is 1070. The molecule has 1 amide bonds. The highest BCUT2D eigenvalue weighted by Gasteiger charge is 2.21. The number of fused-ring (bicyclic) bond motifs is 1. The van der Waals surface area contributed by atoms with E-state index in [-0.39, 0.29) is 10.8 Å². The maximum Gasteiger partial charge on any atom is 0.243 e. The summed E-state index contributed by atoms with van der Waals surface area (Å²) in [5, 5.41) is 4.06. The Balaban J connectivity index is 1.54. The molecule has 0 unspecified atom stereocenters. The molecule has 1 heterocycles. The quantitative estimate of drug-likeness (QED) is 0.585. The maximum absolute atomic E-state index is 12.5. The lowest BCUT2D eigenvalue weighted by atomic mass is 10.2. The van der Waals surface area contributed by atoms with Crippen molar-refractivity contribution in [3.8, 4) is 0 Å². The monoisotopic (exact) mass is 413 g/mol. The molecule has 0 fully saturated rings. The molecule has 2 aromatic carbocycles. The molecule has 0 spiro atoms. The number of sulfonamides is 1. The Hall–Kier alpha value is -2.64. The lowest BCUT2D eigenvalue weighted by Crippen LogP contribution is -2.30. The van der Waals surface area contributed by atoms with Crippen LogP contribution in [0.25, 0.3) is 10.9 Å². The third kappa shape index (κ3) is 4.86. The molecule has 0 saturated carbocycles. The van der Waals surface area contributed by atoms with Gasteiger partial charge in [-0.2, -0.15) is 4.31 Å². The summed E-state index contributed by atoms with van der Waals surface area (Å²) in [5.74, 6) is -0.0392. The van der Waals surface area contributed by atoms with Gasteiger partial charge in [0.2, 0.25) is 15.9 Å². The van der Waals surface area contributed by atoms with Crippen LogP contribution in [0.2, 0.25) is 0 Å². The van der Waals surface area contributed by atoms with Crippen molar-refractivity contribution >= 4 is 26.8 Å². The van der Waals surface area contributed by atoms with Crippen LogP contribution in [0.1, 0.15) is 25.8 Å². The van der Waals surface area contributed by atoms with Crippen LogP contribution in [-0.2, 0) is 27.9 Å². The lowest BCUT2D eigenvalue weighted by molar-refractivity contribution is -0.121. The van der Waals surface area contributed by atoms with Crippen LogP contribution >= 0.6 is 0 Å². The van der Waals surface area contributed by atoms with Gasteiger partial charge in [-0.25, -0.2) is 8.42 Å². The number of hydrogen-bond acceptors (Lipinski definition) is 3. The van der Waals surface area contributed by atoms with Gasteiger partial charge in [0.05, 0.1) is 4.90 Å². The van der Waals surface area contributed by atoms with Gasteiger partial charge in [0.25, 0.3) is 0 Å². The summed E-state index contributed by atoms with van der Waals surface area (Å²) < 4.78 is 28.5. The number of rotatable bonds is 9. The Morgan fingerprint density at radius 1 is 1.00 bits per heavy atom. The normalized spacial score (nSPS) is 11.8. The van der Waals surface area contributed by atoms with E-state index in [1.54, 1.807) is 24.3 Å². The first-order chi connectivity index (χ1) is 14.0. The molecule has 3 aromatic rings. The van der Waals surface area contributed by atoms with Gasteiger partial charge in [0, 0.05) is 44.3 Å². The number of carbonyl (C=O) groups excluding carboxylic acids is 1. The predicted molar refractivity (Wildman–Crippen MR) is 115 cm³/mol. The van der Waals surface area contributed by atoms with E-state index < -0.39 is 10.0 Å². The Labute approximate surface area is 172 Å². The fraction of sp³-hybridized carbons (Fsp3) is 0.318. The minimum Gasteiger partial charge on any atom is -0.352 e. The molecule has 0 aliphatic heterocycles. The fourth-order valence-electron chi connectivity index (χ4n) is 3.34. The average molecular weight is 414 g/mol. The molecule has 29 heavy (non-hydrogen) atoms. The molecule has 6 nitrogen and oxygen atoms in total. The van der Waals surface area contributed by atoms with Crippen LogP contribution in [0.5, 0.6) is 0 Å². The van der Waals surface area contributed by atoms with Crippen LogP contribution in [0.4, 0.5) is 0 Å². The van der Waals surface area contributed by atoms with Crippen LogP contribution < -0.4 is 5.32 Å². The third-order valence-electron chi connectivity index (χ3n) is 5.02. The minimum atomic E-state index is -3.46. The number of carbonyl (C=O) groups is 1. The van der Waals surface area contributed by atoms with Crippen molar-refractivity contribution in [2.24, 2.45) is 0 Å². The van der Waals surface area contributed by atoms with Crippen LogP contribution in [0, 0.1) is 0 Å². The zero-order valence-electron chi connectivity index (χ0n) is 16.8. The molecule has 0 aliphatic rings. The number of aryl methyl sites for hydroxylation is 1. The van der Waals surface area contributed by atoms with Gasteiger partial charge >= 0.3 is 0 Å². The summed E-state index contributed by atoms with van der Waals surface area (Å²) in [4.78, 5) is 12.5. The number of nitrogens with zero attached hydrogens (tertiary/aromatic N) is 2. The van der Waals surface area contributed by atoms with Crippen molar-refractivity contribution < 1.29 is 13.2 Å². The van der Waals surface area contributed by atoms with Gasteiger partial charge in [0.1, 0.15) is 0 Å². The molecule has 7 heteroatoms. The fourth-order valence-corrected chi connectivity index (χ4v) is 4.80. The van der Waals surface area contributed by atoms with E-state index in [2.05, 4.69) is 16.0 Å². The highest BCUT2D eigenvalue weighted by atomic mass is 32.2. The highest BCUT2D eigenvalue weighted by molar-refractivity contribution is 7.89. The molecule has 154 valence electrons. The second-order valence-electron chi connectivity index (χ2n) is 6.83. The zero-order chi connectivity index (χ0) is 20.9. The molecular formula is C22H27N3O3S. The van der Waals surface area contributed by atoms with Crippen molar-refractivity contribution in [3.05, 3.63) is 66.4 Å². The standard InChI is InChI=1S/C22H27N3O3S/c1-3-25(4-2)29(27,28)20-11-9-18(10-12-20)17-23-22(26)14-16-24-15-13-19-7-5-6-8-21(19)24/h5-13,15H,3-4,14,16-17H2,1-2H3,(H,23,26). The van der Waals surface area contributed by atoms with Crippen molar-refractivity contribution in [1.29, 1.82) is 0 Å². The van der Waals surface area contributed by atoms with E-state index in [9.17, 15) is 13.2 Å². The van der Waals surface area contributed by atoms with E-state index in [0.717, 1.165) is 16.5 Å². The molecule has 0 bridgehead atoms. The van der Waals surface area contributed by atoms with E-state index >= 15 is 0 Å². The largest absolute Gasteiger partial charge is 0.352 e. The maximum atomic E-state index is 12.5. The summed E-state index contributed by atoms with van der Waals surface area (Å²) in [5.41, 5.74) is 1.98. The van der Waals surface area contributed by atoms with Gasteiger partial charge in [0.15, 0.2) is 0 Å². The molecule has 3 rings (SSSR count). The molecule has 0 atom stereocenters. The number of benzene rings is 2.